The van der Waals surface area contributed by atoms with Gasteiger partial charge in [-0.2, -0.15) is 0 Å². The summed E-state index contributed by atoms with van der Waals surface area (Å²) in [5, 5.41) is 12.7. The zero-order valence-corrected chi connectivity index (χ0v) is 9.02. The highest BCUT2D eigenvalue weighted by molar-refractivity contribution is 5.76. The fourth-order valence-corrected chi connectivity index (χ4v) is 3.20. The minimum atomic E-state index is -0.656. The molecule has 2 bridgehead atoms. The van der Waals surface area contributed by atoms with E-state index in [-0.39, 0.29) is 17.9 Å². The first-order chi connectivity index (χ1) is 7.77. The Morgan fingerprint density at radius 1 is 1.31 bits per heavy atom. The maximum Gasteiger partial charge on any atom is 0.309 e. The van der Waals surface area contributed by atoms with E-state index in [0.717, 1.165) is 24.9 Å². The summed E-state index contributed by atoms with van der Waals surface area (Å²) in [6, 6.07) is 8.23. The van der Waals surface area contributed by atoms with E-state index in [2.05, 4.69) is 17.4 Å². The van der Waals surface area contributed by atoms with Crippen molar-refractivity contribution in [2.75, 3.05) is 5.32 Å². The Hall–Kier alpha value is -1.51. The first-order valence-corrected chi connectivity index (χ1v) is 5.85. The second kappa shape index (κ2) is 3.51. The fourth-order valence-electron chi connectivity index (χ4n) is 3.20. The first-order valence-electron chi connectivity index (χ1n) is 5.85. The molecule has 1 unspecified atom stereocenters. The number of benzene rings is 1. The van der Waals surface area contributed by atoms with Gasteiger partial charge in [-0.3, -0.25) is 4.79 Å². The van der Waals surface area contributed by atoms with Crippen LogP contribution >= 0.6 is 0 Å². The van der Waals surface area contributed by atoms with Crippen LogP contribution in [0.5, 0.6) is 0 Å². The highest BCUT2D eigenvalue weighted by atomic mass is 16.4. The Bertz CT molecular complexity index is 430. The summed E-state index contributed by atoms with van der Waals surface area (Å²) in [6.07, 6.45) is 3.11. The van der Waals surface area contributed by atoms with Crippen molar-refractivity contribution in [2.45, 2.75) is 31.2 Å². The van der Waals surface area contributed by atoms with Gasteiger partial charge in [0.25, 0.3) is 0 Å². The minimum Gasteiger partial charge on any atom is -0.481 e. The van der Waals surface area contributed by atoms with E-state index in [0.29, 0.717) is 0 Å². The SMILES string of the molecule is O=C(O)C1[C@H]2CCC[C@H]1c1ccccc1N2. The molecule has 2 aliphatic rings. The van der Waals surface area contributed by atoms with Gasteiger partial charge in [0.1, 0.15) is 0 Å². The van der Waals surface area contributed by atoms with Gasteiger partial charge in [-0.05, 0) is 24.5 Å². The lowest BCUT2D eigenvalue weighted by Gasteiger charge is -2.42. The number of rotatable bonds is 1. The minimum absolute atomic E-state index is 0.117. The third kappa shape index (κ3) is 1.31. The van der Waals surface area contributed by atoms with Crippen LogP contribution in [0.3, 0.4) is 0 Å². The second-order valence-electron chi connectivity index (χ2n) is 4.74. The van der Waals surface area contributed by atoms with Gasteiger partial charge >= 0.3 is 5.97 Å². The molecule has 3 nitrogen and oxygen atoms in total. The number of hydrogen-bond donors (Lipinski definition) is 2. The molecule has 1 heterocycles. The molecule has 1 aliphatic heterocycles. The van der Waals surface area contributed by atoms with Crippen LogP contribution in [0.4, 0.5) is 5.69 Å². The summed E-state index contributed by atoms with van der Waals surface area (Å²) >= 11 is 0. The van der Waals surface area contributed by atoms with E-state index in [1.807, 2.05) is 12.1 Å². The van der Waals surface area contributed by atoms with Gasteiger partial charge in [-0.25, -0.2) is 0 Å². The number of carboxylic acids is 1. The van der Waals surface area contributed by atoms with Crippen molar-refractivity contribution in [3.05, 3.63) is 29.8 Å². The summed E-state index contributed by atoms with van der Waals surface area (Å²) < 4.78 is 0. The fraction of sp³-hybridized carbons (Fsp3) is 0.462. The van der Waals surface area contributed by atoms with Crippen LogP contribution in [0.2, 0.25) is 0 Å². The zero-order valence-electron chi connectivity index (χ0n) is 9.02. The van der Waals surface area contributed by atoms with Crippen LogP contribution in [0.15, 0.2) is 24.3 Å². The monoisotopic (exact) mass is 217 g/mol. The van der Waals surface area contributed by atoms with E-state index in [9.17, 15) is 9.90 Å². The molecule has 16 heavy (non-hydrogen) atoms. The van der Waals surface area contributed by atoms with E-state index in [4.69, 9.17) is 0 Å². The maximum absolute atomic E-state index is 11.3. The molecule has 0 radical (unpaired) electrons. The number of carbonyl (C=O) groups is 1. The number of aliphatic carboxylic acids is 1. The van der Waals surface area contributed by atoms with Gasteiger partial charge in [0.05, 0.1) is 5.92 Å². The van der Waals surface area contributed by atoms with Crippen molar-refractivity contribution in [3.8, 4) is 0 Å². The number of carboxylic acid groups (broad SMARTS) is 1. The summed E-state index contributed by atoms with van der Waals surface area (Å²) in [4.78, 5) is 11.3. The van der Waals surface area contributed by atoms with Gasteiger partial charge in [-0.15, -0.1) is 0 Å². The van der Waals surface area contributed by atoms with Gasteiger partial charge in [0.15, 0.2) is 0 Å². The Kier molecular flexibility index (Phi) is 2.13. The van der Waals surface area contributed by atoms with Crippen molar-refractivity contribution in [2.24, 2.45) is 5.92 Å². The van der Waals surface area contributed by atoms with Crippen molar-refractivity contribution in [3.63, 3.8) is 0 Å². The molecule has 1 aromatic carbocycles. The normalized spacial score (nSPS) is 31.4. The molecule has 0 amide bonds. The molecule has 0 aromatic heterocycles. The van der Waals surface area contributed by atoms with E-state index >= 15 is 0 Å². The predicted octanol–water partition coefficient (Wildman–Crippen LogP) is 2.45. The molecule has 1 aliphatic carbocycles. The lowest BCUT2D eigenvalue weighted by Crippen LogP contribution is -2.45. The van der Waals surface area contributed by atoms with Gasteiger partial charge < -0.3 is 10.4 Å². The van der Waals surface area contributed by atoms with E-state index in [1.54, 1.807) is 0 Å². The Morgan fingerprint density at radius 2 is 2.12 bits per heavy atom. The number of para-hydroxylation sites is 1. The quantitative estimate of drug-likeness (QED) is 0.759. The number of nitrogens with one attached hydrogen (secondary N) is 1. The standard InChI is InChI=1S/C13H15NO2/c15-13(16)12-9-5-3-7-11(12)14-10-6-2-1-4-8(9)10/h1-2,4,6,9,11-12,14H,3,5,7H2,(H,15,16)/t9-,11+,12?/m0/s1. The van der Waals surface area contributed by atoms with Crippen LogP contribution in [0.1, 0.15) is 30.7 Å². The molecule has 0 spiro atoms. The van der Waals surface area contributed by atoms with Crippen LogP contribution in [0.25, 0.3) is 0 Å². The number of hydrogen-bond acceptors (Lipinski definition) is 2. The average Bonchev–Trinajstić information content (AvgIpc) is 2.28. The van der Waals surface area contributed by atoms with Gasteiger partial charge in [-0.1, -0.05) is 24.6 Å². The van der Waals surface area contributed by atoms with E-state index in [1.165, 1.54) is 5.56 Å². The van der Waals surface area contributed by atoms with Crippen molar-refractivity contribution in [1.82, 2.24) is 0 Å². The van der Waals surface area contributed by atoms with Crippen LogP contribution < -0.4 is 5.32 Å². The van der Waals surface area contributed by atoms with Crippen molar-refractivity contribution in [1.29, 1.82) is 0 Å². The summed E-state index contributed by atoms with van der Waals surface area (Å²) in [5.41, 5.74) is 2.32. The highest BCUT2D eigenvalue weighted by Gasteiger charge is 2.43. The summed E-state index contributed by atoms with van der Waals surface area (Å²) in [6.45, 7) is 0. The lowest BCUT2D eigenvalue weighted by atomic mass is 9.69. The maximum atomic E-state index is 11.3. The molecule has 3 atom stereocenters. The molecule has 0 saturated heterocycles. The third-order valence-electron chi connectivity index (χ3n) is 3.88. The van der Waals surface area contributed by atoms with E-state index < -0.39 is 5.97 Å². The number of fused-ring (bicyclic) bond motifs is 4. The molecule has 2 N–H and O–H groups in total. The largest absolute Gasteiger partial charge is 0.481 e. The van der Waals surface area contributed by atoms with Crippen molar-refractivity contribution >= 4 is 11.7 Å². The average molecular weight is 217 g/mol. The molecule has 1 fully saturated rings. The van der Waals surface area contributed by atoms with Gasteiger partial charge in [0.2, 0.25) is 0 Å². The van der Waals surface area contributed by atoms with Crippen LogP contribution in [-0.2, 0) is 4.79 Å². The number of anilines is 1. The third-order valence-corrected chi connectivity index (χ3v) is 3.88. The smallest absolute Gasteiger partial charge is 0.309 e. The molecule has 84 valence electrons. The molecular formula is C13H15NO2. The second-order valence-corrected chi connectivity index (χ2v) is 4.74. The van der Waals surface area contributed by atoms with Gasteiger partial charge in [0, 0.05) is 17.6 Å². The predicted molar refractivity (Wildman–Crippen MR) is 61.6 cm³/mol. The topological polar surface area (TPSA) is 49.3 Å². The Balaban J connectivity index is 2.07. The first kappa shape index (κ1) is 9.70. The lowest BCUT2D eigenvalue weighted by molar-refractivity contribution is -0.144. The zero-order chi connectivity index (χ0) is 11.1. The Morgan fingerprint density at radius 3 is 2.94 bits per heavy atom. The molecule has 3 rings (SSSR count). The highest BCUT2D eigenvalue weighted by Crippen LogP contribution is 2.45. The van der Waals surface area contributed by atoms with Crippen LogP contribution in [0, 0.1) is 5.92 Å². The van der Waals surface area contributed by atoms with Crippen LogP contribution in [-0.4, -0.2) is 17.1 Å². The summed E-state index contributed by atoms with van der Waals surface area (Å²) in [7, 11) is 0. The van der Waals surface area contributed by atoms with Crippen molar-refractivity contribution < 1.29 is 9.90 Å². The Labute approximate surface area is 94.5 Å². The molecule has 3 heteroatoms. The molecule has 1 aromatic rings. The molecule has 1 saturated carbocycles. The molecular weight excluding hydrogens is 202 g/mol. The summed E-state index contributed by atoms with van der Waals surface area (Å²) in [5.74, 6) is -0.700.